The molecule has 5 unspecified atom stereocenters. The van der Waals surface area contributed by atoms with Crippen LogP contribution in [-0.2, 0) is 38.1 Å². The highest BCUT2D eigenvalue weighted by molar-refractivity contribution is 7.87. The largest absolute Gasteiger partial charge is 0.460 e. The van der Waals surface area contributed by atoms with Gasteiger partial charge in [-0.3, -0.25) is 4.18 Å². The fourth-order valence-electron chi connectivity index (χ4n) is 4.46. The standard InChI is InChI=1S/C16H22O8S/c1-4-11(17)21-5-6-22-12(18)8-23-14-9-7-10-13(16(9,2)3)15(14)24-25(10,19)20/h4,9-10,13-15H,1,5-8H2,2-3H3. The summed E-state index contributed by atoms with van der Waals surface area (Å²) in [6.45, 7) is 6.85. The van der Waals surface area contributed by atoms with Crippen LogP contribution in [0, 0.1) is 17.3 Å². The lowest BCUT2D eigenvalue weighted by Crippen LogP contribution is -2.37. The van der Waals surface area contributed by atoms with Crippen molar-refractivity contribution in [1.29, 1.82) is 0 Å². The van der Waals surface area contributed by atoms with Crippen molar-refractivity contribution >= 4 is 22.1 Å². The Hall–Kier alpha value is -1.45. The first kappa shape index (κ1) is 18.3. The molecule has 1 saturated heterocycles. The average Bonchev–Trinajstić information content (AvgIpc) is 3.01. The molecule has 0 aromatic rings. The molecule has 140 valence electrons. The zero-order chi connectivity index (χ0) is 18.4. The molecule has 1 heterocycles. The van der Waals surface area contributed by atoms with Crippen LogP contribution in [0.25, 0.3) is 0 Å². The fraction of sp³-hybridized carbons (Fsp3) is 0.750. The van der Waals surface area contributed by atoms with Gasteiger partial charge in [0.1, 0.15) is 25.9 Å². The van der Waals surface area contributed by atoms with Crippen molar-refractivity contribution in [2.45, 2.75) is 37.7 Å². The van der Waals surface area contributed by atoms with Crippen LogP contribution in [0.2, 0.25) is 0 Å². The second-order valence-electron chi connectivity index (χ2n) is 7.15. The maximum absolute atomic E-state index is 12.1. The van der Waals surface area contributed by atoms with E-state index >= 15 is 0 Å². The van der Waals surface area contributed by atoms with Crippen molar-refractivity contribution in [1.82, 2.24) is 0 Å². The quantitative estimate of drug-likeness (QED) is 0.273. The number of ether oxygens (including phenoxy) is 3. The molecule has 25 heavy (non-hydrogen) atoms. The summed E-state index contributed by atoms with van der Waals surface area (Å²) < 4.78 is 44.7. The average molecular weight is 374 g/mol. The van der Waals surface area contributed by atoms with Crippen molar-refractivity contribution < 1.29 is 36.4 Å². The molecule has 0 aromatic carbocycles. The maximum Gasteiger partial charge on any atom is 0.332 e. The minimum absolute atomic E-state index is 0.0196. The molecule has 8 nitrogen and oxygen atoms in total. The molecule has 0 amide bonds. The zero-order valence-electron chi connectivity index (χ0n) is 14.2. The SMILES string of the molecule is C=CC(=O)OCCOC(=O)COC1C2OS(=O)(=O)C3CC1C(C)(C)C23. The topological polar surface area (TPSA) is 105 Å². The van der Waals surface area contributed by atoms with E-state index in [2.05, 4.69) is 11.3 Å². The zero-order valence-corrected chi connectivity index (χ0v) is 15.0. The molecule has 2 saturated carbocycles. The molecule has 0 N–H and O–H groups in total. The van der Waals surface area contributed by atoms with E-state index in [1.165, 1.54) is 0 Å². The summed E-state index contributed by atoms with van der Waals surface area (Å²) in [5, 5.41) is -0.469. The predicted octanol–water partition coefficient (Wildman–Crippen LogP) is 0.417. The van der Waals surface area contributed by atoms with Gasteiger partial charge in [-0.15, -0.1) is 0 Å². The molecular weight excluding hydrogens is 352 g/mol. The van der Waals surface area contributed by atoms with Crippen LogP contribution in [0.4, 0.5) is 0 Å². The lowest BCUT2D eigenvalue weighted by molar-refractivity contribution is -0.157. The van der Waals surface area contributed by atoms with Gasteiger partial charge in [0.05, 0.1) is 11.4 Å². The van der Waals surface area contributed by atoms with Crippen LogP contribution in [-0.4, -0.2) is 57.6 Å². The maximum atomic E-state index is 12.1. The van der Waals surface area contributed by atoms with Crippen molar-refractivity contribution in [2.75, 3.05) is 19.8 Å². The van der Waals surface area contributed by atoms with Crippen molar-refractivity contribution in [2.24, 2.45) is 17.3 Å². The number of rotatable bonds is 7. The third-order valence-corrected chi connectivity index (χ3v) is 7.26. The summed E-state index contributed by atoms with van der Waals surface area (Å²) in [6, 6.07) is 0. The molecule has 0 spiro atoms. The fourth-order valence-corrected chi connectivity index (χ4v) is 6.45. The van der Waals surface area contributed by atoms with E-state index in [1.54, 1.807) is 0 Å². The van der Waals surface area contributed by atoms with Gasteiger partial charge in [0.15, 0.2) is 0 Å². The molecule has 3 fully saturated rings. The van der Waals surface area contributed by atoms with Gasteiger partial charge in [-0.2, -0.15) is 8.42 Å². The highest BCUT2D eigenvalue weighted by atomic mass is 32.2. The molecule has 3 aliphatic rings. The summed E-state index contributed by atoms with van der Waals surface area (Å²) in [6.07, 6.45) is 0.531. The number of fused-ring (bicyclic) bond motifs is 1. The van der Waals surface area contributed by atoms with Crippen LogP contribution < -0.4 is 0 Å². The Morgan fingerprint density at radius 3 is 2.64 bits per heavy atom. The Bertz CT molecular complexity index is 682. The van der Waals surface area contributed by atoms with E-state index in [4.69, 9.17) is 13.7 Å². The predicted molar refractivity (Wildman–Crippen MR) is 84.8 cm³/mol. The Labute approximate surface area is 146 Å². The second kappa shape index (κ2) is 6.37. The third kappa shape index (κ3) is 3.09. The van der Waals surface area contributed by atoms with E-state index < -0.39 is 39.5 Å². The minimum atomic E-state index is -3.55. The van der Waals surface area contributed by atoms with Crippen molar-refractivity contribution in [3.05, 3.63) is 12.7 Å². The first-order valence-electron chi connectivity index (χ1n) is 8.17. The Morgan fingerprint density at radius 2 is 1.96 bits per heavy atom. The van der Waals surface area contributed by atoms with Gasteiger partial charge in [0.25, 0.3) is 10.1 Å². The van der Waals surface area contributed by atoms with E-state index in [-0.39, 0.29) is 37.1 Å². The van der Waals surface area contributed by atoms with E-state index in [0.29, 0.717) is 6.42 Å². The second-order valence-corrected chi connectivity index (χ2v) is 8.93. The molecule has 2 aliphatic carbocycles. The van der Waals surface area contributed by atoms with E-state index in [9.17, 15) is 18.0 Å². The van der Waals surface area contributed by atoms with E-state index in [1.807, 2.05) is 13.8 Å². The molecule has 3 rings (SSSR count). The summed E-state index contributed by atoms with van der Waals surface area (Å²) in [5.74, 6) is -1.29. The summed E-state index contributed by atoms with van der Waals surface area (Å²) in [7, 11) is -3.55. The first-order valence-corrected chi connectivity index (χ1v) is 9.64. The molecule has 0 aromatic heterocycles. The van der Waals surface area contributed by atoms with Crippen LogP contribution in [0.1, 0.15) is 20.3 Å². The molecular formula is C16H22O8S. The van der Waals surface area contributed by atoms with Gasteiger partial charge in [-0.1, -0.05) is 20.4 Å². The first-order chi connectivity index (χ1) is 11.7. The van der Waals surface area contributed by atoms with Crippen molar-refractivity contribution in [3.63, 3.8) is 0 Å². The smallest absolute Gasteiger partial charge is 0.332 e. The van der Waals surface area contributed by atoms with E-state index in [0.717, 1.165) is 6.08 Å². The summed E-state index contributed by atoms with van der Waals surface area (Å²) in [4.78, 5) is 22.6. The molecule has 2 bridgehead atoms. The molecule has 5 atom stereocenters. The Balaban J connectivity index is 1.50. The number of hydrogen-bond acceptors (Lipinski definition) is 8. The third-order valence-electron chi connectivity index (χ3n) is 5.54. The van der Waals surface area contributed by atoms with Gasteiger partial charge in [0, 0.05) is 12.0 Å². The van der Waals surface area contributed by atoms with Gasteiger partial charge >= 0.3 is 11.9 Å². The molecule has 9 heteroatoms. The van der Waals surface area contributed by atoms with Gasteiger partial charge in [0.2, 0.25) is 0 Å². The highest BCUT2D eigenvalue weighted by Gasteiger charge is 2.72. The van der Waals surface area contributed by atoms with Crippen LogP contribution in [0.5, 0.6) is 0 Å². The number of carbonyl (C=O) groups excluding carboxylic acids is 2. The van der Waals surface area contributed by atoms with Crippen LogP contribution in [0.3, 0.4) is 0 Å². The van der Waals surface area contributed by atoms with Gasteiger partial charge in [-0.05, 0) is 17.8 Å². The normalized spacial score (nSPS) is 36.2. The molecule has 1 aliphatic heterocycles. The van der Waals surface area contributed by atoms with Crippen LogP contribution >= 0.6 is 0 Å². The highest BCUT2D eigenvalue weighted by Crippen LogP contribution is 2.64. The number of carbonyl (C=O) groups is 2. The Morgan fingerprint density at radius 1 is 1.28 bits per heavy atom. The summed E-state index contributed by atoms with van der Waals surface area (Å²) >= 11 is 0. The minimum Gasteiger partial charge on any atom is -0.460 e. The Kier molecular flexibility index (Phi) is 4.67. The van der Waals surface area contributed by atoms with Gasteiger partial charge < -0.3 is 14.2 Å². The number of hydrogen-bond donors (Lipinski definition) is 0. The lowest BCUT2D eigenvalue weighted by atomic mass is 9.81. The number of esters is 2. The molecule has 0 radical (unpaired) electrons. The van der Waals surface area contributed by atoms with Crippen molar-refractivity contribution in [3.8, 4) is 0 Å². The van der Waals surface area contributed by atoms with Gasteiger partial charge in [-0.25, -0.2) is 9.59 Å². The lowest BCUT2D eigenvalue weighted by Gasteiger charge is -2.26. The van der Waals surface area contributed by atoms with Crippen LogP contribution in [0.15, 0.2) is 12.7 Å². The summed E-state index contributed by atoms with van der Waals surface area (Å²) in [5.41, 5.74) is -0.216. The monoisotopic (exact) mass is 374 g/mol.